The van der Waals surface area contributed by atoms with Crippen LogP contribution in [0.25, 0.3) is 0 Å². The molecule has 18 heavy (non-hydrogen) atoms. The van der Waals surface area contributed by atoms with Gasteiger partial charge in [-0.1, -0.05) is 25.0 Å². The summed E-state index contributed by atoms with van der Waals surface area (Å²) in [6, 6.07) is 5.99. The topological polar surface area (TPSA) is 37.3 Å². The Morgan fingerprint density at radius 3 is 2.44 bits per heavy atom. The van der Waals surface area contributed by atoms with Crippen molar-refractivity contribution in [3.8, 4) is 0 Å². The lowest BCUT2D eigenvalue weighted by molar-refractivity contribution is -0.0600. The number of benzene rings is 1. The maximum Gasteiger partial charge on any atom is 0.335 e. The van der Waals surface area contributed by atoms with Gasteiger partial charge in [-0.25, -0.2) is 13.6 Å². The van der Waals surface area contributed by atoms with Crippen molar-refractivity contribution in [1.29, 1.82) is 0 Å². The average molecular weight is 254 g/mol. The van der Waals surface area contributed by atoms with Gasteiger partial charge in [0.15, 0.2) is 0 Å². The molecule has 0 amide bonds. The predicted octanol–water partition coefficient (Wildman–Crippen LogP) is 3.85. The number of aromatic carboxylic acids is 1. The Balaban J connectivity index is 2.50. The normalized spacial score (nSPS) is 18.8. The molecule has 0 saturated heterocycles. The smallest absolute Gasteiger partial charge is 0.335 e. The summed E-state index contributed by atoms with van der Waals surface area (Å²) in [6.45, 7) is 0.936. The van der Waals surface area contributed by atoms with Gasteiger partial charge in [0.05, 0.1) is 11.0 Å². The van der Waals surface area contributed by atoms with Crippen LogP contribution in [0.4, 0.5) is 8.78 Å². The molecular formula is C14H16F2O2. The van der Waals surface area contributed by atoms with Crippen LogP contribution in [-0.4, -0.2) is 17.0 Å². The fraction of sp³-hybridized carbons (Fsp3) is 0.500. The maximum absolute atomic E-state index is 14.0. The molecule has 1 saturated carbocycles. The number of rotatable bonds is 3. The highest BCUT2D eigenvalue weighted by molar-refractivity contribution is 5.87. The highest BCUT2D eigenvalue weighted by Gasteiger charge is 2.52. The molecule has 0 spiro atoms. The van der Waals surface area contributed by atoms with Crippen molar-refractivity contribution in [3.05, 3.63) is 35.4 Å². The first-order chi connectivity index (χ1) is 8.37. The van der Waals surface area contributed by atoms with Crippen LogP contribution in [0.3, 0.4) is 0 Å². The zero-order valence-electron chi connectivity index (χ0n) is 10.2. The molecule has 0 radical (unpaired) electrons. The van der Waals surface area contributed by atoms with Crippen molar-refractivity contribution in [3.63, 3.8) is 0 Å². The first kappa shape index (κ1) is 13.0. The molecule has 0 bridgehead atoms. The van der Waals surface area contributed by atoms with Crippen LogP contribution < -0.4 is 0 Å². The van der Waals surface area contributed by atoms with E-state index in [9.17, 15) is 13.6 Å². The Bertz CT molecular complexity index is 457. The summed E-state index contributed by atoms with van der Waals surface area (Å²) in [4.78, 5) is 10.9. The number of halogens is 2. The van der Waals surface area contributed by atoms with Gasteiger partial charge in [-0.05, 0) is 30.5 Å². The minimum absolute atomic E-state index is 0.0722. The van der Waals surface area contributed by atoms with E-state index in [1.807, 2.05) is 0 Å². The Morgan fingerprint density at radius 2 is 1.94 bits per heavy atom. The lowest BCUT2D eigenvalue weighted by Crippen LogP contribution is -2.40. The van der Waals surface area contributed by atoms with Crippen molar-refractivity contribution in [2.24, 2.45) is 0 Å². The number of hydrogen-bond donors (Lipinski definition) is 1. The number of carboxylic acid groups (broad SMARTS) is 1. The van der Waals surface area contributed by atoms with Crippen molar-refractivity contribution in [2.75, 3.05) is 0 Å². The van der Waals surface area contributed by atoms with Gasteiger partial charge in [0.2, 0.25) is 0 Å². The molecule has 0 atom stereocenters. The zero-order valence-corrected chi connectivity index (χ0v) is 10.2. The van der Waals surface area contributed by atoms with Gasteiger partial charge in [-0.2, -0.15) is 0 Å². The van der Waals surface area contributed by atoms with E-state index in [1.165, 1.54) is 12.1 Å². The average Bonchev–Trinajstić information content (AvgIpc) is 2.78. The molecular weight excluding hydrogens is 238 g/mol. The third-order valence-corrected chi connectivity index (χ3v) is 3.96. The molecule has 0 aromatic heterocycles. The van der Waals surface area contributed by atoms with Gasteiger partial charge >= 0.3 is 5.97 Å². The van der Waals surface area contributed by atoms with E-state index in [0.29, 0.717) is 18.4 Å². The van der Waals surface area contributed by atoms with Gasteiger partial charge in [-0.3, -0.25) is 0 Å². The lowest BCUT2D eigenvalue weighted by atomic mass is 9.73. The summed E-state index contributed by atoms with van der Waals surface area (Å²) in [5, 5.41) is 8.95. The number of hydrogen-bond acceptors (Lipinski definition) is 1. The first-order valence-electron chi connectivity index (χ1n) is 6.08. The second kappa shape index (κ2) is 4.34. The fourth-order valence-electron chi connectivity index (χ4n) is 2.91. The Hall–Kier alpha value is -1.45. The van der Waals surface area contributed by atoms with E-state index in [4.69, 9.17) is 5.11 Å². The maximum atomic E-state index is 14.0. The SMILES string of the molecule is CC(F)(F)C1(c2cccc(C(=O)O)c2)CCCC1. The van der Waals surface area contributed by atoms with Crippen LogP contribution in [0.5, 0.6) is 0 Å². The summed E-state index contributed by atoms with van der Waals surface area (Å²) in [6.07, 6.45) is 2.36. The first-order valence-corrected chi connectivity index (χ1v) is 6.08. The monoisotopic (exact) mass is 254 g/mol. The summed E-state index contributed by atoms with van der Waals surface area (Å²) in [5.41, 5.74) is -0.672. The molecule has 0 heterocycles. The standard InChI is InChI=1S/C14H16F2O2/c1-13(15,16)14(7-2-3-8-14)11-6-4-5-10(9-11)12(17)18/h4-6,9H,2-3,7-8H2,1H3,(H,17,18). The third kappa shape index (κ3) is 2.00. The van der Waals surface area contributed by atoms with Gasteiger partial charge in [-0.15, -0.1) is 0 Å². The van der Waals surface area contributed by atoms with Crippen LogP contribution in [-0.2, 0) is 5.41 Å². The van der Waals surface area contributed by atoms with E-state index in [-0.39, 0.29) is 5.56 Å². The van der Waals surface area contributed by atoms with Gasteiger partial charge in [0.25, 0.3) is 5.92 Å². The number of carbonyl (C=O) groups is 1. The molecule has 1 aliphatic rings. The minimum atomic E-state index is -2.83. The van der Waals surface area contributed by atoms with Crippen molar-refractivity contribution >= 4 is 5.97 Å². The van der Waals surface area contributed by atoms with Gasteiger partial charge < -0.3 is 5.11 Å². The highest BCUT2D eigenvalue weighted by atomic mass is 19.3. The van der Waals surface area contributed by atoms with Crippen molar-refractivity contribution < 1.29 is 18.7 Å². The Kier molecular flexibility index (Phi) is 3.13. The van der Waals surface area contributed by atoms with E-state index in [1.54, 1.807) is 12.1 Å². The van der Waals surface area contributed by atoms with E-state index >= 15 is 0 Å². The second-order valence-electron chi connectivity index (χ2n) is 5.06. The van der Waals surface area contributed by atoms with Crippen molar-refractivity contribution in [2.45, 2.75) is 43.9 Å². The molecule has 2 nitrogen and oxygen atoms in total. The van der Waals surface area contributed by atoms with Crippen molar-refractivity contribution in [1.82, 2.24) is 0 Å². The highest BCUT2D eigenvalue weighted by Crippen LogP contribution is 2.51. The van der Waals surface area contributed by atoms with Crippen LogP contribution >= 0.6 is 0 Å². The predicted molar refractivity (Wildman–Crippen MR) is 64.2 cm³/mol. The summed E-state index contributed by atoms with van der Waals surface area (Å²) >= 11 is 0. The molecule has 4 heteroatoms. The van der Waals surface area contributed by atoms with E-state index in [2.05, 4.69) is 0 Å². The molecule has 1 aromatic rings. The summed E-state index contributed by atoms with van der Waals surface area (Å²) in [5.74, 6) is -3.91. The van der Waals surface area contributed by atoms with Gasteiger partial charge in [0.1, 0.15) is 0 Å². The molecule has 98 valence electrons. The van der Waals surface area contributed by atoms with Crippen LogP contribution in [0.15, 0.2) is 24.3 Å². The minimum Gasteiger partial charge on any atom is -0.478 e. The number of carboxylic acids is 1. The quantitative estimate of drug-likeness (QED) is 0.889. The third-order valence-electron chi connectivity index (χ3n) is 3.96. The largest absolute Gasteiger partial charge is 0.478 e. The van der Waals surface area contributed by atoms with E-state index in [0.717, 1.165) is 19.8 Å². The van der Waals surface area contributed by atoms with Crippen LogP contribution in [0, 0.1) is 0 Å². The van der Waals surface area contributed by atoms with Crippen LogP contribution in [0.2, 0.25) is 0 Å². The molecule has 0 aliphatic heterocycles. The van der Waals surface area contributed by atoms with E-state index < -0.39 is 17.3 Å². The summed E-state index contributed by atoms with van der Waals surface area (Å²) in [7, 11) is 0. The second-order valence-corrected chi connectivity index (χ2v) is 5.06. The Morgan fingerprint density at radius 1 is 1.33 bits per heavy atom. The molecule has 1 aromatic carbocycles. The fourth-order valence-corrected chi connectivity index (χ4v) is 2.91. The zero-order chi connectivity index (χ0) is 13.4. The van der Waals surface area contributed by atoms with Crippen LogP contribution in [0.1, 0.15) is 48.5 Å². The molecule has 0 unspecified atom stereocenters. The number of alkyl halides is 2. The lowest BCUT2D eigenvalue weighted by Gasteiger charge is -2.35. The molecule has 1 N–H and O–H groups in total. The molecule has 1 fully saturated rings. The molecule has 2 rings (SSSR count). The van der Waals surface area contributed by atoms with Gasteiger partial charge in [0, 0.05) is 6.92 Å². The Labute approximate surface area is 105 Å². The summed E-state index contributed by atoms with van der Waals surface area (Å²) < 4.78 is 27.9. The molecule has 1 aliphatic carbocycles.